The highest BCUT2D eigenvalue weighted by molar-refractivity contribution is 6.22. The number of carbonyl (C=O) groups excluding carboxylic acids is 3. The molecule has 10 heteroatoms. The molecule has 4 aromatic rings. The highest BCUT2D eigenvalue weighted by Crippen LogP contribution is 2.21. The van der Waals surface area contributed by atoms with Gasteiger partial charge in [-0.3, -0.25) is 28.6 Å². The molecule has 0 aliphatic carbocycles. The number of hydrogen-bond acceptors (Lipinski definition) is 6. The minimum absolute atomic E-state index is 0.187. The van der Waals surface area contributed by atoms with Gasteiger partial charge in [0, 0.05) is 6.54 Å². The molecule has 1 aliphatic rings. The number of imide groups is 1. The highest BCUT2D eigenvalue weighted by Gasteiger charge is 2.36. The molecule has 0 saturated heterocycles. The fourth-order valence-electron chi connectivity index (χ4n) is 4.05. The van der Waals surface area contributed by atoms with Crippen LogP contribution < -0.4 is 10.9 Å². The van der Waals surface area contributed by atoms with Gasteiger partial charge >= 0.3 is 0 Å². The molecule has 3 heterocycles. The summed E-state index contributed by atoms with van der Waals surface area (Å²) >= 11 is 0. The van der Waals surface area contributed by atoms with Crippen molar-refractivity contribution < 1.29 is 14.4 Å². The van der Waals surface area contributed by atoms with Crippen LogP contribution in [0.25, 0.3) is 11.0 Å². The lowest BCUT2D eigenvalue weighted by molar-refractivity contribution is -0.121. The van der Waals surface area contributed by atoms with Gasteiger partial charge in [-0.2, -0.15) is 5.10 Å². The molecule has 0 fully saturated rings. The van der Waals surface area contributed by atoms with Gasteiger partial charge in [0.25, 0.3) is 17.4 Å². The van der Waals surface area contributed by atoms with E-state index in [1.54, 1.807) is 24.3 Å². The molecule has 35 heavy (non-hydrogen) atoms. The van der Waals surface area contributed by atoms with E-state index in [1.807, 2.05) is 31.2 Å². The largest absolute Gasteiger partial charge is 0.353 e. The Morgan fingerprint density at radius 2 is 1.66 bits per heavy atom. The summed E-state index contributed by atoms with van der Waals surface area (Å²) in [5.74, 6) is -1.43. The first-order valence-electron chi connectivity index (χ1n) is 11.1. The van der Waals surface area contributed by atoms with Gasteiger partial charge in [-0.05, 0) is 24.6 Å². The average Bonchev–Trinajstić information content (AvgIpc) is 3.37. The first kappa shape index (κ1) is 22.2. The number of amides is 3. The summed E-state index contributed by atoms with van der Waals surface area (Å²) in [4.78, 5) is 55.4. The van der Waals surface area contributed by atoms with E-state index >= 15 is 0 Å². The van der Waals surface area contributed by atoms with Crippen molar-refractivity contribution >= 4 is 28.8 Å². The maximum atomic E-state index is 12.9. The predicted octanol–water partition coefficient (Wildman–Crippen LogP) is 1.36. The molecule has 0 spiro atoms. The highest BCUT2D eigenvalue weighted by atomic mass is 16.2. The number of aryl methyl sites for hydroxylation is 1. The van der Waals surface area contributed by atoms with E-state index < -0.39 is 17.7 Å². The van der Waals surface area contributed by atoms with E-state index in [2.05, 4.69) is 15.4 Å². The van der Waals surface area contributed by atoms with E-state index in [-0.39, 0.29) is 25.2 Å². The average molecular weight is 470 g/mol. The SMILES string of the molecule is Cc1ccc(Cn2cnc3c(cnn3CCNC(=O)CN3C(=O)c4ccccc4C3=O)c2=O)cc1. The number of hydrogen-bond donors (Lipinski definition) is 1. The van der Waals surface area contributed by atoms with Gasteiger partial charge in [-0.25, -0.2) is 9.67 Å². The molecule has 0 unspecified atom stereocenters. The Morgan fingerprint density at radius 1 is 0.971 bits per heavy atom. The topological polar surface area (TPSA) is 119 Å². The number of nitrogens with one attached hydrogen (secondary N) is 1. The van der Waals surface area contributed by atoms with E-state index in [1.165, 1.54) is 21.8 Å². The summed E-state index contributed by atoms with van der Waals surface area (Å²) < 4.78 is 3.07. The van der Waals surface area contributed by atoms with Crippen LogP contribution in [0.5, 0.6) is 0 Å². The van der Waals surface area contributed by atoms with E-state index in [4.69, 9.17) is 0 Å². The number of rotatable bonds is 7. The summed E-state index contributed by atoms with van der Waals surface area (Å²) in [5, 5.41) is 7.31. The molecule has 3 amide bonds. The Morgan fingerprint density at radius 3 is 2.34 bits per heavy atom. The molecule has 0 saturated carbocycles. The number of carbonyl (C=O) groups is 3. The van der Waals surface area contributed by atoms with Crippen LogP contribution in [-0.2, 0) is 17.9 Å². The summed E-state index contributed by atoms with van der Waals surface area (Å²) in [5.41, 5.74) is 2.96. The molecule has 10 nitrogen and oxygen atoms in total. The molecule has 0 bridgehead atoms. The Labute approximate surface area is 199 Å². The van der Waals surface area contributed by atoms with Crippen LogP contribution in [0.1, 0.15) is 31.8 Å². The molecule has 2 aromatic heterocycles. The van der Waals surface area contributed by atoms with Gasteiger partial charge in [-0.1, -0.05) is 42.0 Å². The summed E-state index contributed by atoms with van der Waals surface area (Å²) in [6, 6.07) is 14.4. The molecule has 1 N–H and O–H groups in total. The van der Waals surface area contributed by atoms with Gasteiger partial charge in [0.2, 0.25) is 5.91 Å². The predicted molar refractivity (Wildman–Crippen MR) is 127 cm³/mol. The van der Waals surface area contributed by atoms with Crippen LogP contribution in [0, 0.1) is 6.92 Å². The Bertz CT molecular complexity index is 1480. The standard InChI is InChI=1S/C25H22N6O4/c1-16-6-8-17(9-7-16)13-29-15-27-22-20(23(29)33)12-28-31(22)11-10-26-21(32)14-30-24(34)18-4-2-3-5-19(18)25(30)35/h2-9,12,15H,10-11,13-14H2,1H3,(H,26,32). The van der Waals surface area contributed by atoms with Gasteiger partial charge < -0.3 is 5.32 Å². The molecule has 0 radical (unpaired) electrons. The second-order valence-corrected chi connectivity index (χ2v) is 8.36. The van der Waals surface area contributed by atoms with Crippen molar-refractivity contribution in [2.45, 2.75) is 20.0 Å². The van der Waals surface area contributed by atoms with Crippen LogP contribution >= 0.6 is 0 Å². The van der Waals surface area contributed by atoms with Crippen LogP contribution in [0.15, 0.2) is 65.8 Å². The zero-order valence-corrected chi connectivity index (χ0v) is 19.0. The van der Waals surface area contributed by atoms with Crippen molar-refractivity contribution in [1.29, 1.82) is 0 Å². The Hall–Kier alpha value is -4.60. The van der Waals surface area contributed by atoms with Gasteiger partial charge in [-0.15, -0.1) is 0 Å². The lowest BCUT2D eigenvalue weighted by Gasteiger charge is -2.13. The van der Waals surface area contributed by atoms with Gasteiger partial charge in [0.05, 0.1) is 30.4 Å². The third-order valence-corrected chi connectivity index (χ3v) is 5.92. The van der Waals surface area contributed by atoms with Crippen molar-refractivity contribution in [2.24, 2.45) is 0 Å². The molecule has 5 rings (SSSR count). The normalized spacial score (nSPS) is 12.9. The zero-order chi connectivity index (χ0) is 24.5. The third kappa shape index (κ3) is 4.21. The second kappa shape index (κ2) is 8.98. The second-order valence-electron chi connectivity index (χ2n) is 8.36. The number of benzene rings is 2. The molecule has 0 atom stereocenters. The maximum Gasteiger partial charge on any atom is 0.264 e. The van der Waals surface area contributed by atoms with E-state index in [0.29, 0.717) is 28.7 Å². The molecule has 1 aliphatic heterocycles. The Kier molecular flexibility index (Phi) is 5.69. The summed E-state index contributed by atoms with van der Waals surface area (Å²) in [7, 11) is 0. The minimum atomic E-state index is -0.482. The molecule has 176 valence electrons. The molecule has 2 aromatic carbocycles. The van der Waals surface area contributed by atoms with Crippen molar-refractivity contribution in [1.82, 2.24) is 29.5 Å². The van der Waals surface area contributed by atoms with Crippen molar-refractivity contribution in [3.8, 4) is 0 Å². The summed E-state index contributed by atoms with van der Waals surface area (Å²) in [6.45, 7) is 2.50. The zero-order valence-electron chi connectivity index (χ0n) is 19.0. The molecular weight excluding hydrogens is 448 g/mol. The fourth-order valence-corrected chi connectivity index (χ4v) is 4.05. The fraction of sp³-hybridized carbons (Fsp3) is 0.200. The van der Waals surface area contributed by atoms with Crippen LogP contribution in [-0.4, -0.2) is 55.0 Å². The smallest absolute Gasteiger partial charge is 0.264 e. The number of aromatic nitrogens is 4. The van der Waals surface area contributed by atoms with Gasteiger partial charge in [0.1, 0.15) is 18.3 Å². The van der Waals surface area contributed by atoms with Crippen LogP contribution in [0.3, 0.4) is 0 Å². The van der Waals surface area contributed by atoms with E-state index in [9.17, 15) is 19.2 Å². The lowest BCUT2D eigenvalue weighted by Crippen LogP contribution is -2.41. The van der Waals surface area contributed by atoms with Gasteiger partial charge in [0.15, 0.2) is 5.65 Å². The number of nitrogens with zero attached hydrogens (tertiary/aromatic N) is 5. The Balaban J connectivity index is 1.21. The van der Waals surface area contributed by atoms with Crippen LogP contribution in [0.2, 0.25) is 0 Å². The minimum Gasteiger partial charge on any atom is -0.353 e. The monoisotopic (exact) mass is 470 g/mol. The van der Waals surface area contributed by atoms with Crippen LogP contribution in [0.4, 0.5) is 0 Å². The van der Waals surface area contributed by atoms with Crippen molar-refractivity contribution in [3.05, 3.63) is 93.7 Å². The first-order valence-corrected chi connectivity index (χ1v) is 11.1. The van der Waals surface area contributed by atoms with Crippen molar-refractivity contribution in [3.63, 3.8) is 0 Å². The lowest BCUT2D eigenvalue weighted by atomic mass is 10.1. The van der Waals surface area contributed by atoms with E-state index in [0.717, 1.165) is 16.0 Å². The van der Waals surface area contributed by atoms with Crippen molar-refractivity contribution in [2.75, 3.05) is 13.1 Å². The maximum absolute atomic E-state index is 12.9. The summed E-state index contributed by atoms with van der Waals surface area (Å²) in [6.07, 6.45) is 2.96. The quantitative estimate of drug-likeness (QED) is 0.408. The third-order valence-electron chi connectivity index (χ3n) is 5.92. The molecular formula is C25H22N6O4. The number of fused-ring (bicyclic) bond motifs is 2. The first-order chi connectivity index (χ1) is 16.9.